The number of carbonyl (C=O) groups is 3. The lowest BCUT2D eigenvalue weighted by Gasteiger charge is -2.19. The van der Waals surface area contributed by atoms with Gasteiger partial charge in [0.1, 0.15) is 13.2 Å². The molecule has 154 valence electrons. The molecule has 0 bridgehead atoms. The molecule has 0 spiro atoms. The van der Waals surface area contributed by atoms with Crippen LogP contribution >= 0.6 is 11.3 Å². The number of aromatic nitrogens is 2. The van der Waals surface area contributed by atoms with Gasteiger partial charge in [0, 0.05) is 6.07 Å². The van der Waals surface area contributed by atoms with E-state index >= 15 is 0 Å². The Hall–Kier alpha value is -3.07. The Labute approximate surface area is 175 Å². The molecule has 3 heterocycles. The van der Waals surface area contributed by atoms with Crippen LogP contribution in [0.2, 0.25) is 0 Å². The van der Waals surface area contributed by atoms with Crippen LogP contribution in [0.25, 0.3) is 15.2 Å². The number of imide groups is 1. The molecule has 5 rings (SSSR count). The molecule has 1 aromatic carbocycles. The number of hydrogen-bond acceptors (Lipinski definition) is 7. The first-order chi connectivity index (χ1) is 14.5. The zero-order chi connectivity index (χ0) is 20.8. The lowest BCUT2D eigenvalue weighted by Crippen LogP contribution is -2.36. The van der Waals surface area contributed by atoms with Gasteiger partial charge in [-0.2, -0.15) is 0 Å². The van der Waals surface area contributed by atoms with Gasteiger partial charge in [-0.15, -0.1) is 0 Å². The molecular formula is C21H19N3O5S. The third-order valence-corrected chi connectivity index (χ3v) is 6.87. The first-order valence-electron chi connectivity index (χ1n) is 9.94. The molecule has 2 unspecified atom stereocenters. The highest BCUT2D eigenvalue weighted by atomic mass is 32.1. The van der Waals surface area contributed by atoms with Crippen LogP contribution in [-0.4, -0.2) is 38.6 Å². The van der Waals surface area contributed by atoms with Crippen molar-refractivity contribution < 1.29 is 19.1 Å². The molecule has 3 aromatic rings. The summed E-state index contributed by atoms with van der Waals surface area (Å²) >= 11 is 1.38. The topological polar surface area (TPSA) is 98.0 Å². The van der Waals surface area contributed by atoms with E-state index in [-0.39, 0.29) is 35.8 Å². The van der Waals surface area contributed by atoms with Crippen molar-refractivity contribution in [3.63, 3.8) is 0 Å². The minimum Gasteiger partial charge on any atom is -0.458 e. The van der Waals surface area contributed by atoms with Gasteiger partial charge < -0.3 is 4.74 Å². The van der Waals surface area contributed by atoms with Crippen LogP contribution in [0.3, 0.4) is 0 Å². The Bertz CT molecular complexity index is 1220. The maximum Gasteiger partial charge on any atom is 0.326 e. The average molecular weight is 425 g/mol. The maximum absolute atomic E-state index is 12.5. The first-order valence-corrected chi connectivity index (χ1v) is 10.8. The second-order valence-corrected chi connectivity index (χ2v) is 8.70. The minimum absolute atomic E-state index is 0.193. The standard InChI is InChI=1S/C21H19N3O5S/c25-17-9-12(22-21-24(17)15-7-3-4-8-16(15)30-21)11-29-18(26)10-23-19(27)13-5-1-2-6-14(13)20(23)28/h3-4,7-9,13-14H,1-2,5-6,10-11H2. The number of carbonyl (C=O) groups excluding carboxylic acids is 3. The molecule has 2 aromatic heterocycles. The Kier molecular flexibility index (Phi) is 4.62. The number of hydrogen-bond donors (Lipinski definition) is 0. The Morgan fingerprint density at radius 1 is 1.10 bits per heavy atom. The van der Waals surface area contributed by atoms with E-state index in [1.54, 1.807) is 0 Å². The molecule has 9 heteroatoms. The summed E-state index contributed by atoms with van der Waals surface area (Å²) < 4.78 is 7.68. The van der Waals surface area contributed by atoms with Crippen LogP contribution in [0.4, 0.5) is 0 Å². The summed E-state index contributed by atoms with van der Waals surface area (Å²) in [6.07, 6.45) is 3.26. The summed E-state index contributed by atoms with van der Waals surface area (Å²) in [5.41, 5.74) is 0.858. The third kappa shape index (κ3) is 3.09. The smallest absolute Gasteiger partial charge is 0.326 e. The molecular weight excluding hydrogens is 406 g/mol. The van der Waals surface area contributed by atoms with Gasteiger partial charge in [-0.25, -0.2) is 4.98 Å². The Morgan fingerprint density at radius 3 is 2.53 bits per heavy atom. The van der Waals surface area contributed by atoms with Crippen molar-refractivity contribution in [2.75, 3.05) is 6.54 Å². The lowest BCUT2D eigenvalue weighted by atomic mass is 9.81. The fourth-order valence-electron chi connectivity index (χ4n) is 4.41. The first kappa shape index (κ1) is 18.9. The van der Waals surface area contributed by atoms with Crippen molar-refractivity contribution >= 4 is 44.3 Å². The number of fused-ring (bicyclic) bond motifs is 4. The van der Waals surface area contributed by atoms with Gasteiger partial charge in [-0.05, 0) is 25.0 Å². The number of amides is 2. The molecule has 1 aliphatic heterocycles. The van der Waals surface area contributed by atoms with Gasteiger partial charge in [0.05, 0.1) is 27.7 Å². The lowest BCUT2D eigenvalue weighted by molar-refractivity contribution is -0.153. The number of nitrogens with zero attached hydrogens (tertiary/aromatic N) is 3. The number of rotatable bonds is 4. The van der Waals surface area contributed by atoms with E-state index in [2.05, 4.69) is 4.98 Å². The number of benzene rings is 1. The van der Waals surface area contributed by atoms with Crippen molar-refractivity contribution in [3.05, 3.63) is 46.4 Å². The maximum atomic E-state index is 12.5. The van der Waals surface area contributed by atoms with E-state index in [1.165, 1.54) is 21.8 Å². The van der Waals surface area contributed by atoms with Crippen LogP contribution in [-0.2, 0) is 25.7 Å². The zero-order valence-electron chi connectivity index (χ0n) is 16.1. The van der Waals surface area contributed by atoms with Crippen LogP contribution in [0, 0.1) is 11.8 Å². The van der Waals surface area contributed by atoms with Gasteiger partial charge in [0.2, 0.25) is 11.8 Å². The number of para-hydroxylation sites is 1. The van der Waals surface area contributed by atoms with E-state index in [9.17, 15) is 19.2 Å². The van der Waals surface area contributed by atoms with Crippen molar-refractivity contribution in [3.8, 4) is 0 Å². The second kappa shape index (κ2) is 7.32. The summed E-state index contributed by atoms with van der Waals surface area (Å²) in [7, 11) is 0. The largest absolute Gasteiger partial charge is 0.458 e. The van der Waals surface area contributed by atoms with E-state index in [4.69, 9.17) is 4.74 Å². The fourth-order valence-corrected chi connectivity index (χ4v) is 5.46. The molecule has 0 radical (unpaired) electrons. The Morgan fingerprint density at radius 2 is 1.80 bits per heavy atom. The monoisotopic (exact) mass is 425 g/mol. The van der Waals surface area contributed by atoms with E-state index in [0.717, 1.165) is 28.0 Å². The highest BCUT2D eigenvalue weighted by Gasteiger charge is 2.48. The molecule has 0 N–H and O–H groups in total. The van der Waals surface area contributed by atoms with Crippen molar-refractivity contribution in [2.45, 2.75) is 32.3 Å². The van der Waals surface area contributed by atoms with E-state index < -0.39 is 12.5 Å². The van der Waals surface area contributed by atoms with Gasteiger partial charge in [0.15, 0.2) is 4.96 Å². The molecule has 1 aliphatic carbocycles. The van der Waals surface area contributed by atoms with Crippen molar-refractivity contribution in [1.82, 2.24) is 14.3 Å². The molecule has 2 atom stereocenters. The van der Waals surface area contributed by atoms with Crippen LogP contribution in [0.5, 0.6) is 0 Å². The fraction of sp³-hybridized carbons (Fsp3) is 0.381. The van der Waals surface area contributed by atoms with Crippen LogP contribution < -0.4 is 5.56 Å². The number of esters is 1. The average Bonchev–Trinajstić information content (AvgIpc) is 3.24. The van der Waals surface area contributed by atoms with Gasteiger partial charge in [-0.3, -0.25) is 28.5 Å². The molecule has 30 heavy (non-hydrogen) atoms. The summed E-state index contributed by atoms with van der Waals surface area (Å²) in [5.74, 6) is -1.82. The SMILES string of the molecule is O=C(CN1C(=O)C2CCCCC2C1=O)OCc1cc(=O)n2c(n1)sc1ccccc12. The molecule has 2 amide bonds. The molecule has 1 saturated heterocycles. The van der Waals surface area contributed by atoms with E-state index in [0.29, 0.717) is 23.5 Å². The normalized spacial score (nSPS) is 21.4. The molecule has 2 fully saturated rings. The van der Waals surface area contributed by atoms with Gasteiger partial charge in [0.25, 0.3) is 5.56 Å². The highest BCUT2D eigenvalue weighted by molar-refractivity contribution is 7.23. The molecule has 1 saturated carbocycles. The minimum atomic E-state index is -0.686. The summed E-state index contributed by atoms with van der Waals surface area (Å²) in [6, 6.07) is 8.84. The van der Waals surface area contributed by atoms with Crippen molar-refractivity contribution in [1.29, 1.82) is 0 Å². The number of likely N-dealkylation sites (tertiary alicyclic amines) is 1. The number of ether oxygens (including phenoxy) is 1. The predicted molar refractivity (Wildman–Crippen MR) is 109 cm³/mol. The molecule has 8 nitrogen and oxygen atoms in total. The quantitative estimate of drug-likeness (QED) is 0.469. The van der Waals surface area contributed by atoms with Crippen LogP contribution in [0.15, 0.2) is 35.1 Å². The predicted octanol–water partition coefficient (Wildman–Crippen LogP) is 2.13. The van der Waals surface area contributed by atoms with Crippen LogP contribution in [0.1, 0.15) is 31.4 Å². The molecule has 2 aliphatic rings. The highest BCUT2D eigenvalue weighted by Crippen LogP contribution is 2.37. The third-order valence-electron chi connectivity index (χ3n) is 5.85. The zero-order valence-corrected chi connectivity index (χ0v) is 16.9. The summed E-state index contributed by atoms with van der Waals surface area (Å²) in [4.78, 5) is 55.7. The number of thiazole rings is 1. The van der Waals surface area contributed by atoms with Gasteiger partial charge >= 0.3 is 5.97 Å². The summed E-state index contributed by atoms with van der Waals surface area (Å²) in [6.45, 7) is -0.587. The summed E-state index contributed by atoms with van der Waals surface area (Å²) in [5, 5.41) is 0. The van der Waals surface area contributed by atoms with Gasteiger partial charge in [-0.1, -0.05) is 36.3 Å². The Balaban J connectivity index is 1.29. The van der Waals surface area contributed by atoms with Crippen molar-refractivity contribution in [2.24, 2.45) is 11.8 Å². The van der Waals surface area contributed by atoms with E-state index in [1.807, 2.05) is 24.3 Å². The second-order valence-electron chi connectivity index (χ2n) is 7.69.